The molecular weight excluding hydrogens is 202 g/mol. The van der Waals surface area contributed by atoms with E-state index in [-0.39, 0.29) is 12.8 Å². The monoisotopic (exact) mass is 210 g/mol. The van der Waals surface area contributed by atoms with E-state index in [1.165, 1.54) is 6.20 Å². The van der Waals surface area contributed by atoms with Crippen LogP contribution in [0, 0.1) is 0 Å². The van der Waals surface area contributed by atoms with E-state index >= 15 is 0 Å². The molecule has 0 saturated heterocycles. The Morgan fingerprint density at radius 3 is 2.93 bits per heavy atom. The molecule has 0 aromatic heterocycles. The van der Waals surface area contributed by atoms with Gasteiger partial charge in [-0.1, -0.05) is 0 Å². The second-order valence-corrected chi connectivity index (χ2v) is 3.36. The lowest BCUT2D eigenvalue weighted by atomic mass is 9.95. The molecule has 2 aliphatic rings. The number of rotatable bonds is 2. The number of nitrogens with two attached hydrogens (primary N) is 1. The highest BCUT2D eigenvalue weighted by atomic mass is 19.2. The average Bonchev–Trinajstić information content (AvgIpc) is 2.49. The molecule has 2 N–H and O–H groups in total. The van der Waals surface area contributed by atoms with Gasteiger partial charge in [-0.2, -0.15) is 0 Å². The van der Waals surface area contributed by atoms with Crippen LogP contribution in [0.3, 0.4) is 0 Å². The molecule has 0 saturated carbocycles. The van der Waals surface area contributed by atoms with Gasteiger partial charge in [-0.15, -0.1) is 0 Å². The van der Waals surface area contributed by atoms with Gasteiger partial charge in [0, 0.05) is 18.2 Å². The van der Waals surface area contributed by atoms with Crippen LogP contribution >= 0.6 is 0 Å². The Labute approximate surface area is 84.7 Å². The number of hydrogen-bond donors (Lipinski definition) is 1. The molecule has 5 heteroatoms. The first-order chi connectivity index (χ1) is 7.08. The normalized spacial score (nSPS) is 19.5. The van der Waals surface area contributed by atoms with Crippen LogP contribution in [0.25, 0.3) is 0 Å². The topological polar surface area (TPSA) is 55.5 Å². The Morgan fingerprint density at radius 1 is 1.53 bits per heavy atom. The Morgan fingerprint density at radius 2 is 2.27 bits per heavy atom. The van der Waals surface area contributed by atoms with Crippen LogP contribution in [0.15, 0.2) is 40.1 Å². The number of amides is 1. The lowest BCUT2D eigenvalue weighted by Gasteiger charge is -2.11. The molecule has 78 valence electrons. The number of carbonyl (C=O) groups is 1. The maximum Gasteiger partial charge on any atom is 0.221 e. The van der Waals surface area contributed by atoms with Crippen molar-refractivity contribution in [3.8, 4) is 0 Å². The zero-order valence-electron chi connectivity index (χ0n) is 7.76. The Bertz CT molecular complexity index is 458. The lowest BCUT2D eigenvalue weighted by molar-refractivity contribution is -0.117. The number of nitrogens with zero attached hydrogens (tertiary/aromatic N) is 1. The first-order valence-corrected chi connectivity index (χ1v) is 4.38. The molecule has 15 heavy (non-hydrogen) atoms. The SMILES string of the molecule is NC(=O)CC1=CN=C2CC(F)=C(F)C=C12. The zero-order valence-corrected chi connectivity index (χ0v) is 7.76. The van der Waals surface area contributed by atoms with E-state index in [4.69, 9.17) is 5.73 Å². The molecule has 1 aliphatic heterocycles. The van der Waals surface area contributed by atoms with Crippen LogP contribution in [-0.4, -0.2) is 11.6 Å². The first kappa shape index (κ1) is 9.76. The second kappa shape index (κ2) is 3.42. The highest BCUT2D eigenvalue weighted by Crippen LogP contribution is 2.32. The van der Waals surface area contributed by atoms with E-state index in [1.807, 2.05) is 0 Å². The zero-order chi connectivity index (χ0) is 11.0. The first-order valence-electron chi connectivity index (χ1n) is 4.38. The molecule has 0 bridgehead atoms. The second-order valence-electron chi connectivity index (χ2n) is 3.36. The molecule has 1 amide bonds. The average molecular weight is 210 g/mol. The summed E-state index contributed by atoms with van der Waals surface area (Å²) in [5, 5.41) is 0. The van der Waals surface area contributed by atoms with Crippen molar-refractivity contribution in [2.24, 2.45) is 10.7 Å². The maximum atomic E-state index is 13.0. The van der Waals surface area contributed by atoms with Gasteiger partial charge in [0.1, 0.15) is 5.83 Å². The summed E-state index contributed by atoms with van der Waals surface area (Å²) in [5.74, 6) is -2.25. The van der Waals surface area contributed by atoms with Crippen LogP contribution in [0.4, 0.5) is 8.78 Å². The largest absolute Gasteiger partial charge is 0.369 e. The third-order valence-corrected chi connectivity index (χ3v) is 2.25. The number of allylic oxidation sites excluding steroid dienone is 4. The highest BCUT2D eigenvalue weighted by Gasteiger charge is 2.25. The van der Waals surface area contributed by atoms with Gasteiger partial charge in [-0.25, -0.2) is 8.78 Å². The van der Waals surface area contributed by atoms with E-state index < -0.39 is 17.6 Å². The van der Waals surface area contributed by atoms with Gasteiger partial charge in [0.2, 0.25) is 5.91 Å². The smallest absolute Gasteiger partial charge is 0.221 e. The van der Waals surface area contributed by atoms with Crippen LogP contribution < -0.4 is 5.73 Å². The van der Waals surface area contributed by atoms with Crippen molar-refractivity contribution in [1.82, 2.24) is 0 Å². The van der Waals surface area contributed by atoms with Crippen molar-refractivity contribution < 1.29 is 13.6 Å². The van der Waals surface area contributed by atoms with Crippen molar-refractivity contribution in [2.45, 2.75) is 12.8 Å². The van der Waals surface area contributed by atoms with Crippen molar-refractivity contribution in [3.05, 3.63) is 35.1 Å². The van der Waals surface area contributed by atoms with Crippen molar-refractivity contribution in [3.63, 3.8) is 0 Å². The quantitative estimate of drug-likeness (QED) is 0.740. The highest BCUT2D eigenvalue weighted by molar-refractivity contribution is 6.09. The number of fused-ring (bicyclic) bond motifs is 1. The van der Waals surface area contributed by atoms with Gasteiger partial charge in [0.25, 0.3) is 0 Å². The third kappa shape index (κ3) is 1.72. The molecule has 0 fully saturated rings. The maximum absolute atomic E-state index is 13.0. The van der Waals surface area contributed by atoms with Gasteiger partial charge in [0.15, 0.2) is 5.83 Å². The van der Waals surface area contributed by atoms with Crippen LogP contribution in [-0.2, 0) is 4.79 Å². The molecule has 0 unspecified atom stereocenters. The van der Waals surface area contributed by atoms with Gasteiger partial charge >= 0.3 is 0 Å². The van der Waals surface area contributed by atoms with Gasteiger partial charge < -0.3 is 5.73 Å². The van der Waals surface area contributed by atoms with Crippen LogP contribution in [0.2, 0.25) is 0 Å². The molecule has 2 rings (SSSR count). The minimum absolute atomic E-state index is 0.00622. The minimum Gasteiger partial charge on any atom is -0.369 e. The van der Waals surface area contributed by atoms with E-state index in [0.29, 0.717) is 16.9 Å². The number of hydrogen-bond acceptors (Lipinski definition) is 2. The fourth-order valence-electron chi connectivity index (χ4n) is 1.56. The number of halogens is 2. The van der Waals surface area contributed by atoms with Crippen molar-refractivity contribution in [1.29, 1.82) is 0 Å². The fraction of sp³-hybridized carbons (Fsp3) is 0.200. The van der Waals surface area contributed by atoms with Gasteiger partial charge in [0.05, 0.1) is 12.1 Å². The molecular formula is C10H8F2N2O. The van der Waals surface area contributed by atoms with Crippen molar-refractivity contribution >= 4 is 11.6 Å². The number of aliphatic imine (C=N–C) groups is 1. The molecule has 0 aromatic carbocycles. The third-order valence-electron chi connectivity index (χ3n) is 2.25. The molecule has 0 atom stereocenters. The fourth-order valence-corrected chi connectivity index (χ4v) is 1.56. The summed E-state index contributed by atoms with van der Waals surface area (Å²) >= 11 is 0. The van der Waals surface area contributed by atoms with E-state index in [2.05, 4.69) is 4.99 Å². The molecule has 3 nitrogen and oxygen atoms in total. The Hall–Kier alpha value is -1.78. The summed E-state index contributed by atoms with van der Waals surface area (Å²) in [6, 6.07) is 0. The van der Waals surface area contributed by atoms with Crippen molar-refractivity contribution in [2.75, 3.05) is 0 Å². The number of primary amides is 1. The predicted molar refractivity (Wildman–Crippen MR) is 51.3 cm³/mol. The summed E-state index contributed by atoms with van der Waals surface area (Å²) in [6.07, 6.45) is 2.32. The Balaban J connectivity index is 2.30. The summed E-state index contributed by atoms with van der Waals surface area (Å²) in [7, 11) is 0. The molecule has 0 radical (unpaired) electrons. The van der Waals surface area contributed by atoms with Crippen LogP contribution in [0.5, 0.6) is 0 Å². The summed E-state index contributed by atoms with van der Waals surface area (Å²) in [5.41, 5.74) is 6.49. The predicted octanol–water partition coefficient (Wildman–Crippen LogP) is 1.68. The minimum atomic E-state index is -0.902. The standard InChI is InChI=1S/C10H8F2N2O/c11-7-2-6-5(1-10(13)15)4-14-9(6)3-8(7)12/h2,4H,1,3H2,(H2,13,15). The summed E-state index contributed by atoms with van der Waals surface area (Å²) < 4.78 is 25.8. The van der Waals surface area contributed by atoms with E-state index in [9.17, 15) is 13.6 Å². The Kier molecular flexibility index (Phi) is 2.22. The molecule has 0 spiro atoms. The molecule has 0 aromatic rings. The van der Waals surface area contributed by atoms with E-state index in [0.717, 1.165) is 6.08 Å². The summed E-state index contributed by atoms with van der Waals surface area (Å²) in [6.45, 7) is 0. The number of carbonyl (C=O) groups excluding carboxylic acids is 1. The molecule has 1 aliphatic carbocycles. The summed E-state index contributed by atoms with van der Waals surface area (Å²) in [4.78, 5) is 14.6. The molecule has 1 heterocycles. The van der Waals surface area contributed by atoms with Gasteiger partial charge in [-0.3, -0.25) is 9.79 Å². The van der Waals surface area contributed by atoms with Crippen LogP contribution in [0.1, 0.15) is 12.8 Å². The van der Waals surface area contributed by atoms with E-state index in [1.54, 1.807) is 0 Å². The van der Waals surface area contributed by atoms with Gasteiger partial charge in [-0.05, 0) is 11.6 Å². The lowest BCUT2D eigenvalue weighted by Crippen LogP contribution is -2.14.